The van der Waals surface area contributed by atoms with Gasteiger partial charge in [0.15, 0.2) is 0 Å². The molecule has 0 fully saturated rings. The molecule has 2 aromatic heterocycles. The fourth-order valence-electron chi connectivity index (χ4n) is 1.61. The fraction of sp³-hybridized carbons (Fsp3) is 0.250. The Bertz CT molecular complexity index is 671. The monoisotopic (exact) mass is 299 g/mol. The van der Waals surface area contributed by atoms with E-state index < -0.39 is 0 Å². The summed E-state index contributed by atoms with van der Waals surface area (Å²) in [6.07, 6.45) is 0. The van der Waals surface area contributed by atoms with E-state index >= 15 is 0 Å². The number of hydrogen-bond donors (Lipinski definition) is 0. The first kappa shape index (κ1) is 13.8. The van der Waals surface area contributed by atoms with Crippen molar-refractivity contribution in [3.8, 4) is 6.01 Å². The Morgan fingerprint density at radius 1 is 1.32 bits per heavy atom. The average Bonchev–Trinajstić information content (AvgIpc) is 2.36. The average molecular weight is 300 g/mol. The predicted octanol–water partition coefficient (Wildman–Crippen LogP) is 2.31. The van der Waals surface area contributed by atoms with E-state index in [9.17, 15) is 4.79 Å². The van der Waals surface area contributed by atoms with Crippen molar-refractivity contribution in [1.82, 2.24) is 14.5 Å². The summed E-state index contributed by atoms with van der Waals surface area (Å²) in [5.41, 5.74) is 0.839. The Labute approximate surface area is 119 Å². The van der Waals surface area contributed by atoms with Crippen molar-refractivity contribution in [2.45, 2.75) is 13.5 Å². The topological polar surface area (TPSA) is 57.0 Å². The number of ether oxygens (including phenoxy) is 1. The van der Waals surface area contributed by atoms with Crippen LogP contribution in [-0.4, -0.2) is 21.6 Å². The van der Waals surface area contributed by atoms with Crippen LogP contribution in [0.1, 0.15) is 11.4 Å². The van der Waals surface area contributed by atoms with E-state index in [2.05, 4.69) is 9.97 Å². The van der Waals surface area contributed by atoms with E-state index in [4.69, 9.17) is 27.9 Å². The summed E-state index contributed by atoms with van der Waals surface area (Å²) < 4.78 is 6.44. The molecule has 0 aliphatic heterocycles. The minimum atomic E-state index is -0.234. The zero-order valence-corrected chi connectivity index (χ0v) is 11.9. The molecule has 7 heteroatoms. The Balaban J connectivity index is 2.49. The highest BCUT2D eigenvalue weighted by Gasteiger charge is 2.11. The van der Waals surface area contributed by atoms with Crippen LogP contribution in [-0.2, 0) is 6.54 Å². The van der Waals surface area contributed by atoms with Crippen LogP contribution in [0.15, 0.2) is 23.0 Å². The van der Waals surface area contributed by atoms with Crippen LogP contribution in [0.4, 0.5) is 0 Å². The van der Waals surface area contributed by atoms with Crippen LogP contribution in [0.3, 0.4) is 0 Å². The van der Waals surface area contributed by atoms with Crippen LogP contribution < -0.4 is 10.3 Å². The minimum Gasteiger partial charge on any atom is -0.468 e. The molecule has 0 spiro atoms. The van der Waals surface area contributed by atoms with Gasteiger partial charge in [-0.15, -0.1) is 0 Å². The first-order chi connectivity index (χ1) is 9.01. The van der Waals surface area contributed by atoms with Crippen molar-refractivity contribution in [2.75, 3.05) is 7.11 Å². The zero-order valence-electron chi connectivity index (χ0n) is 10.4. The molecule has 2 aromatic rings. The lowest BCUT2D eigenvalue weighted by Gasteiger charge is -2.11. The van der Waals surface area contributed by atoms with Crippen LogP contribution in [0.25, 0.3) is 0 Å². The van der Waals surface area contributed by atoms with Crippen LogP contribution in [0.2, 0.25) is 10.2 Å². The van der Waals surface area contributed by atoms with E-state index in [1.54, 1.807) is 19.1 Å². The van der Waals surface area contributed by atoms with E-state index in [-0.39, 0.29) is 18.1 Å². The summed E-state index contributed by atoms with van der Waals surface area (Å²) in [6.45, 7) is 1.87. The van der Waals surface area contributed by atoms with Crippen LogP contribution >= 0.6 is 23.2 Å². The van der Waals surface area contributed by atoms with E-state index in [0.717, 1.165) is 0 Å². The van der Waals surface area contributed by atoms with Gasteiger partial charge in [0, 0.05) is 11.8 Å². The third-order valence-electron chi connectivity index (χ3n) is 2.48. The quantitative estimate of drug-likeness (QED) is 0.816. The summed E-state index contributed by atoms with van der Waals surface area (Å²) in [5.74, 6) is 0. The molecule has 0 unspecified atom stereocenters. The summed E-state index contributed by atoms with van der Waals surface area (Å²) in [7, 11) is 1.45. The van der Waals surface area contributed by atoms with Gasteiger partial charge in [-0.1, -0.05) is 23.2 Å². The Morgan fingerprint density at radius 2 is 2.05 bits per heavy atom. The second kappa shape index (κ2) is 5.59. The number of aromatic nitrogens is 3. The molecule has 2 heterocycles. The highest BCUT2D eigenvalue weighted by atomic mass is 35.5. The lowest BCUT2D eigenvalue weighted by Crippen LogP contribution is -2.23. The number of methoxy groups -OCH3 is 1. The second-order valence-electron chi connectivity index (χ2n) is 3.87. The summed E-state index contributed by atoms with van der Waals surface area (Å²) in [6, 6.07) is 4.84. The first-order valence-corrected chi connectivity index (χ1v) is 6.20. The van der Waals surface area contributed by atoms with Crippen molar-refractivity contribution in [1.29, 1.82) is 0 Å². The maximum Gasteiger partial charge on any atom is 0.299 e. The molecule has 0 saturated carbocycles. The highest BCUT2D eigenvalue weighted by Crippen LogP contribution is 2.18. The molecule has 0 aliphatic rings. The number of pyridine rings is 1. The third-order valence-corrected chi connectivity index (χ3v) is 3.03. The normalized spacial score (nSPS) is 10.5. The summed E-state index contributed by atoms with van der Waals surface area (Å²) in [4.78, 5) is 20.2. The van der Waals surface area contributed by atoms with Gasteiger partial charge in [0.1, 0.15) is 5.15 Å². The molecule has 100 valence electrons. The van der Waals surface area contributed by atoms with Gasteiger partial charge < -0.3 is 4.74 Å². The molecule has 0 saturated heterocycles. The van der Waals surface area contributed by atoms with Gasteiger partial charge in [-0.3, -0.25) is 9.36 Å². The number of nitrogens with zero attached hydrogens (tertiary/aromatic N) is 3. The molecule has 0 bridgehead atoms. The number of aryl methyl sites for hydroxylation is 1. The maximum absolute atomic E-state index is 12.0. The Kier molecular flexibility index (Phi) is 4.07. The molecule has 2 rings (SSSR count). The molecule has 5 nitrogen and oxygen atoms in total. The molecule has 0 N–H and O–H groups in total. The fourth-order valence-corrected chi connectivity index (χ4v) is 1.94. The van der Waals surface area contributed by atoms with Gasteiger partial charge >= 0.3 is 0 Å². The summed E-state index contributed by atoms with van der Waals surface area (Å²) >= 11 is 11.8. The van der Waals surface area contributed by atoms with E-state index in [0.29, 0.717) is 21.6 Å². The van der Waals surface area contributed by atoms with Gasteiger partial charge in [-0.2, -0.15) is 0 Å². The van der Waals surface area contributed by atoms with Crippen molar-refractivity contribution < 1.29 is 4.74 Å². The van der Waals surface area contributed by atoms with Gasteiger partial charge in [-0.05, 0) is 19.1 Å². The lowest BCUT2D eigenvalue weighted by molar-refractivity contribution is 0.349. The molecule has 0 amide bonds. The first-order valence-electron chi connectivity index (χ1n) is 5.44. The van der Waals surface area contributed by atoms with Gasteiger partial charge in [0.05, 0.1) is 24.4 Å². The van der Waals surface area contributed by atoms with Gasteiger partial charge in [0.25, 0.3) is 11.6 Å². The largest absolute Gasteiger partial charge is 0.468 e. The maximum atomic E-state index is 12.0. The van der Waals surface area contributed by atoms with Crippen LogP contribution in [0, 0.1) is 6.92 Å². The Hall–Kier alpha value is -1.59. The molecular formula is C12H11Cl2N3O2. The van der Waals surface area contributed by atoms with Crippen molar-refractivity contribution >= 4 is 23.2 Å². The predicted molar refractivity (Wildman–Crippen MR) is 73.1 cm³/mol. The van der Waals surface area contributed by atoms with Crippen LogP contribution in [0.5, 0.6) is 6.01 Å². The van der Waals surface area contributed by atoms with Crippen molar-refractivity contribution in [3.63, 3.8) is 0 Å². The molecule has 0 radical (unpaired) electrons. The SMILES string of the molecule is COc1nc(C)cc(=O)n1Cc1nc(Cl)ccc1Cl. The van der Waals surface area contributed by atoms with Crippen molar-refractivity contribution in [2.24, 2.45) is 0 Å². The zero-order chi connectivity index (χ0) is 14.0. The van der Waals surface area contributed by atoms with E-state index in [1.165, 1.54) is 17.7 Å². The smallest absolute Gasteiger partial charge is 0.299 e. The Morgan fingerprint density at radius 3 is 2.74 bits per heavy atom. The van der Waals surface area contributed by atoms with Gasteiger partial charge in [-0.25, -0.2) is 9.97 Å². The second-order valence-corrected chi connectivity index (χ2v) is 4.67. The number of hydrogen-bond acceptors (Lipinski definition) is 4. The number of halogens is 2. The molecular weight excluding hydrogens is 289 g/mol. The molecule has 19 heavy (non-hydrogen) atoms. The summed E-state index contributed by atoms with van der Waals surface area (Å²) in [5, 5.41) is 0.741. The van der Waals surface area contributed by atoms with Gasteiger partial charge in [0.2, 0.25) is 0 Å². The molecule has 0 aromatic carbocycles. The third kappa shape index (κ3) is 3.05. The minimum absolute atomic E-state index is 0.147. The standard InChI is InChI=1S/C12H11Cl2N3O2/c1-7-5-11(18)17(12(15-7)19-2)6-9-8(13)3-4-10(14)16-9/h3-5H,6H2,1-2H3. The number of rotatable bonds is 3. The molecule has 0 aliphatic carbocycles. The van der Waals surface area contributed by atoms with E-state index in [1.807, 2.05) is 0 Å². The highest BCUT2D eigenvalue weighted by molar-refractivity contribution is 6.32. The van der Waals surface area contributed by atoms with Crippen molar-refractivity contribution in [3.05, 3.63) is 50.1 Å². The molecule has 0 atom stereocenters. The lowest BCUT2D eigenvalue weighted by atomic mass is 10.3.